The highest BCUT2D eigenvalue weighted by Gasteiger charge is 2.29. The number of carbonyl (C=O) groups is 2. The highest BCUT2D eigenvalue weighted by atomic mass is 32.2. The second kappa shape index (κ2) is 9.46. The van der Waals surface area contributed by atoms with Crippen LogP contribution >= 0.6 is 11.8 Å². The van der Waals surface area contributed by atoms with E-state index in [4.69, 9.17) is 4.74 Å². The SMILES string of the molecule is CSCCC(NC(C)=O)C(=O)N1CCC(Oc2ccncn2)CC1. The first-order valence-corrected chi connectivity index (χ1v) is 9.47. The van der Waals surface area contributed by atoms with Crippen molar-refractivity contribution in [3.63, 3.8) is 0 Å². The van der Waals surface area contributed by atoms with Crippen LogP contribution in [0.3, 0.4) is 0 Å². The van der Waals surface area contributed by atoms with Gasteiger partial charge in [-0.15, -0.1) is 0 Å². The highest BCUT2D eigenvalue weighted by molar-refractivity contribution is 7.98. The minimum absolute atomic E-state index is 0.000244. The number of amides is 2. The lowest BCUT2D eigenvalue weighted by molar-refractivity contribution is -0.137. The van der Waals surface area contributed by atoms with Gasteiger partial charge < -0.3 is 15.0 Å². The van der Waals surface area contributed by atoms with Crippen LogP contribution in [0.5, 0.6) is 5.88 Å². The molecule has 1 aromatic heterocycles. The standard InChI is InChI=1S/C16H24N4O3S/c1-12(21)19-14(6-10-24-2)16(22)20-8-4-13(5-9-20)23-15-3-7-17-11-18-15/h3,7,11,13-14H,4-6,8-10H2,1-2H3,(H,19,21). The van der Waals surface area contributed by atoms with E-state index in [1.807, 2.05) is 11.2 Å². The number of nitrogens with zero attached hydrogens (tertiary/aromatic N) is 3. The molecule has 0 aromatic carbocycles. The molecule has 132 valence electrons. The molecule has 2 amide bonds. The number of piperidine rings is 1. The number of hydrogen-bond donors (Lipinski definition) is 1. The fourth-order valence-electron chi connectivity index (χ4n) is 2.67. The van der Waals surface area contributed by atoms with Crippen LogP contribution in [0.2, 0.25) is 0 Å². The van der Waals surface area contributed by atoms with Gasteiger partial charge >= 0.3 is 0 Å². The first kappa shape index (κ1) is 18.5. The molecule has 0 bridgehead atoms. The summed E-state index contributed by atoms with van der Waals surface area (Å²) in [6, 6.07) is 1.29. The third-order valence-corrected chi connectivity index (χ3v) is 4.53. The van der Waals surface area contributed by atoms with E-state index in [1.165, 1.54) is 13.3 Å². The highest BCUT2D eigenvalue weighted by Crippen LogP contribution is 2.18. The average molecular weight is 352 g/mol. The third-order valence-electron chi connectivity index (χ3n) is 3.88. The van der Waals surface area contributed by atoms with Crippen LogP contribution in [-0.2, 0) is 9.59 Å². The van der Waals surface area contributed by atoms with Crippen LogP contribution in [-0.4, -0.2) is 63.9 Å². The van der Waals surface area contributed by atoms with E-state index in [9.17, 15) is 9.59 Å². The first-order chi connectivity index (χ1) is 11.6. The topological polar surface area (TPSA) is 84.4 Å². The van der Waals surface area contributed by atoms with Gasteiger partial charge in [0, 0.05) is 45.1 Å². The van der Waals surface area contributed by atoms with Gasteiger partial charge in [-0.25, -0.2) is 9.97 Å². The van der Waals surface area contributed by atoms with Crippen molar-refractivity contribution in [1.82, 2.24) is 20.2 Å². The van der Waals surface area contributed by atoms with Crippen molar-refractivity contribution in [1.29, 1.82) is 0 Å². The summed E-state index contributed by atoms with van der Waals surface area (Å²) in [6.07, 6.45) is 7.30. The van der Waals surface area contributed by atoms with E-state index >= 15 is 0 Å². The lowest BCUT2D eigenvalue weighted by Crippen LogP contribution is -2.51. The third kappa shape index (κ3) is 5.67. The van der Waals surface area contributed by atoms with Gasteiger partial charge in [0.1, 0.15) is 18.5 Å². The number of likely N-dealkylation sites (tertiary alicyclic amines) is 1. The number of ether oxygens (including phenoxy) is 1. The van der Waals surface area contributed by atoms with Crippen molar-refractivity contribution >= 4 is 23.6 Å². The van der Waals surface area contributed by atoms with Crippen molar-refractivity contribution in [3.05, 3.63) is 18.6 Å². The van der Waals surface area contributed by atoms with Gasteiger partial charge in [0.2, 0.25) is 17.7 Å². The van der Waals surface area contributed by atoms with Crippen LogP contribution in [0, 0.1) is 0 Å². The summed E-state index contributed by atoms with van der Waals surface area (Å²) in [5, 5.41) is 2.77. The van der Waals surface area contributed by atoms with Crippen LogP contribution < -0.4 is 10.1 Å². The number of rotatable bonds is 7. The Labute approximate surface area is 146 Å². The van der Waals surface area contributed by atoms with Crippen LogP contribution in [0.1, 0.15) is 26.2 Å². The molecule has 1 aromatic rings. The van der Waals surface area contributed by atoms with Gasteiger partial charge in [0.05, 0.1) is 0 Å². The normalized spacial score (nSPS) is 16.5. The molecule has 7 nitrogen and oxygen atoms in total. The fraction of sp³-hybridized carbons (Fsp3) is 0.625. The van der Waals surface area contributed by atoms with Crippen molar-refractivity contribution in [2.75, 3.05) is 25.1 Å². The summed E-state index contributed by atoms with van der Waals surface area (Å²) in [7, 11) is 0. The lowest BCUT2D eigenvalue weighted by atomic mass is 10.1. The molecule has 1 unspecified atom stereocenters. The minimum atomic E-state index is -0.436. The average Bonchev–Trinajstić information content (AvgIpc) is 2.59. The molecule has 1 atom stereocenters. The van der Waals surface area contributed by atoms with E-state index in [1.54, 1.807) is 24.0 Å². The molecule has 0 saturated carbocycles. The summed E-state index contributed by atoms with van der Waals surface area (Å²) in [4.78, 5) is 33.7. The molecule has 2 rings (SSSR count). The van der Waals surface area contributed by atoms with E-state index in [0.717, 1.165) is 18.6 Å². The zero-order valence-corrected chi connectivity index (χ0v) is 14.9. The molecule has 1 aliphatic rings. The van der Waals surface area contributed by atoms with Crippen LogP contribution in [0.25, 0.3) is 0 Å². The maximum Gasteiger partial charge on any atom is 0.245 e. The van der Waals surface area contributed by atoms with Crippen molar-refractivity contribution in [2.45, 2.75) is 38.3 Å². The van der Waals surface area contributed by atoms with E-state index in [2.05, 4.69) is 15.3 Å². The van der Waals surface area contributed by atoms with E-state index in [0.29, 0.717) is 25.4 Å². The molecule has 1 aliphatic heterocycles. The molecule has 1 fully saturated rings. The van der Waals surface area contributed by atoms with Gasteiger partial charge in [-0.3, -0.25) is 9.59 Å². The molecule has 0 aliphatic carbocycles. The van der Waals surface area contributed by atoms with Crippen LogP contribution in [0.15, 0.2) is 18.6 Å². The van der Waals surface area contributed by atoms with Crippen molar-refractivity contribution in [2.24, 2.45) is 0 Å². The molecular formula is C16H24N4O3S. The smallest absolute Gasteiger partial charge is 0.245 e. The predicted molar refractivity (Wildman–Crippen MR) is 92.9 cm³/mol. The monoisotopic (exact) mass is 352 g/mol. The molecule has 0 radical (unpaired) electrons. The van der Waals surface area contributed by atoms with Gasteiger partial charge in [-0.05, 0) is 18.4 Å². The molecule has 2 heterocycles. The van der Waals surface area contributed by atoms with E-state index < -0.39 is 6.04 Å². The Morgan fingerprint density at radius 1 is 1.46 bits per heavy atom. The quantitative estimate of drug-likeness (QED) is 0.791. The Balaban J connectivity index is 1.85. The maximum atomic E-state index is 12.6. The predicted octanol–water partition coefficient (Wildman–Crippen LogP) is 1.10. The van der Waals surface area contributed by atoms with E-state index in [-0.39, 0.29) is 17.9 Å². The number of nitrogens with one attached hydrogen (secondary N) is 1. The van der Waals surface area contributed by atoms with Gasteiger partial charge in [-0.1, -0.05) is 0 Å². The molecule has 24 heavy (non-hydrogen) atoms. The second-order valence-corrected chi connectivity index (χ2v) is 6.71. The Bertz CT molecular complexity index is 535. The summed E-state index contributed by atoms with van der Waals surface area (Å²) in [6.45, 7) is 2.70. The van der Waals surface area contributed by atoms with Gasteiger partial charge in [-0.2, -0.15) is 11.8 Å². The Morgan fingerprint density at radius 2 is 2.21 bits per heavy atom. The Morgan fingerprint density at radius 3 is 2.79 bits per heavy atom. The minimum Gasteiger partial charge on any atom is -0.474 e. The van der Waals surface area contributed by atoms with Gasteiger partial charge in [0.15, 0.2) is 0 Å². The number of thioether (sulfide) groups is 1. The van der Waals surface area contributed by atoms with Crippen molar-refractivity contribution < 1.29 is 14.3 Å². The Hall–Kier alpha value is -1.83. The fourth-order valence-corrected chi connectivity index (χ4v) is 3.14. The zero-order chi connectivity index (χ0) is 17.4. The Kier molecular flexibility index (Phi) is 7.30. The molecule has 0 spiro atoms. The zero-order valence-electron chi connectivity index (χ0n) is 14.1. The molecule has 1 saturated heterocycles. The van der Waals surface area contributed by atoms with Gasteiger partial charge in [0.25, 0.3) is 0 Å². The largest absolute Gasteiger partial charge is 0.474 e. The first-order valence-electron chi connectivity index (χ1n) is 8.07. The molecule has 8 heteroatoms. The summed E-state index contributed by atoms with van der Waals surface area (Å²) in [5.74, 6) is 1.23. The molecule has 1 N–H and O–H groups in total. The molecular weight excluding hydrogens is 328 g/mol. The number of carbonyl (C=O) groups excluding carboxylic acids is 2. The van der Waals surface area contributed by atoms with Crippen LogP contribution in [0.4, 0.5) is 0 Å². The maximum absolute atomic E-state index is 12.6. The lowest BCUT2D eigenvalue weighted by Gasteiger charge is -2.34. The summed E-state index contributed by atoms with van der Waals surface area (Å²) >= 11 is 1.67. The second-order valence-electron chi connectivity index (χ2n) is 5.72. The summed E-state index contributed by atoms with van der Waals surface area (Å²) < 4.78 is 5.81. The summed E-state index contributed by atoms with van der Waals surface area (Å²) in [5.41, 5.74) is 0. The number of aromatic nitrogens is 2. The van der Waals surface area contributed by atoms with Crippen molar-refractivity contribution in [3.8, 4) is 5.88 Å². The number of hydrogen-bond acceptors (Lipinski definition) is 6.